The summed E-state index contributed by atoms with van der Waals surface area (Å²) in [6, 6.07) is 20.2. The highest BCUT2D eigenvalue weighted by Crippen LogP contribution is 2.25. The van der Waals surface area contributed by atoms with Crippen molar-refractivity contribution < 1.29 is 14.3 Å². The number of carbonyl (C=O) groups is 2. The van der Waals surface area contributed by atoms with E-state index in [-0.39, 0.29) is 11.6 Å². The van der Waals surface area contributed by atoms with Gasteiger partial charge in [-0.05, 0) is 68.3 Å². The highest BCUT2D eigenvalue weighted by atomic mass is 35.5. The lowest BCUT2D eigenvalue weighted by atomic mass is 10.1. The smallest absolute Gasteiger partial charge is 0.378 e. The van der Waals surface area contributed by atoms with Crippen LogP contribution >= 0.6 is 11.6 Å². The van der Waals surface area contributed by atoms with Crippen LogP contribution < -0.4 is 0 Å². The van der Waals surface area contributed by atoms with E-state index < -0.39 is 12.6 Å². The highest BCUT2D eigenvalue weighted by molar-refractivity contribution is 6.30. The third-order valence-electron chi connectivity index (χ3n) is 5.16. The Morgan fingerprint density at radius 3 is 2.39 bits per heavy atom. The van der Waals surface area contributed by atoms with E-state index in [1.807, 2.05) is 63.2 Å². The van der Waals surface area contributed by atoms with Gasteiger partial charge in [0.1, 0.15) is 0 Å². The number of esters is 1. The van der Waals surface area contributed by atoms with Crippen molar-refractivity contribution >= 4 is 23.4 Å². The normalized spacial score (nSPS) is 10.8. The first kappa shape index (κ1) is 22.4. The molecule has 0 N–H and O–H groups in total. The molecule has 0 unspecified atom stereocenters. The van der Waals surface area contributed by atoms with E-state index >= 15 is 0 Å². The predicted molar refractivity (Wildman–Crippen MR) is 127 cm³/mol. The minimum atomic E-state index is -0.768. The van der Waals surface area contributed by atoms with Gasteiger partial charge in [-0.15, -0.1) is 5.10 Å². The SMILES string of the molecule is Cc1cccc(-c2nc(C(=O)OCC(=O)c3ccc(Cl)cc3)nn2-c2cc(C)ccc2C)c1. The second kappa shape index (κ2) is 9.38. The average molecular weight is 460 g/mol. The highest BCUT2D eigenvalue weighted by Gasteiger charge is 2.22. The third-order valence-corrected chi connectivity index (χ3v) is 5.41. The maximum Gasteiger partial charge on any atom is 0.378 e. The molecular formula is C26H22ClN3O3. The first-order valence-corrected chi connectivity index (χ1v) is 10.8. The standard InChI is InChI=1S/C26H22ClN3O3/c1-16-5-4-6-20(13-16)25-28-24(29-30(25)22-14-17(2)7-8-18(22)3)26(32)33-15-23(31)19-9-11-21(27)12-10-19/h4-14H,15H2,1-3H3. The van der Waals surface area contributed by atoms with Gasteiger partial charge in [0.15, 0.2) is 18.2 Å². The van der Waals surface area contributed by atoms with Crippen molar-refractivity contribution in [1.29, 1.82) is 0 Å². The second-order valence-electron chi connectivity index (χ2n) is 7.84. The van der Waals surface area contributed by atoms with Gasteiger partial charge >= 0.3 is 5.97 Å². The number of nitrogens with zero attached hydrogens (tertiary/aromatic N) is 3. The molecule has 0 fully saturated rings. The topological polar surface area (TPSA) is 74.1 Å². The Bertz CT molecular complexity index is 1340. The summed E-state index contributed by atoms with van der Waals surface area (Å²) in [4.78, 5) is 29.6. The van der Waals surface area contributed by atoms with Gasteiger partial charge in [0.05, 0.1) is 5.69 Å². The van der Waals surface area contributed by atoms with Gasteiger partial charge in [-0.2, -0.15) is 0 Å². The number of hydrogen-bond acceptors (Lipinski definition) is 5. The molecule has 0 spiro atoms. The average Bonchev–Trinajstić information content (AvgIpc) is 3.25. The molecule has 4 aromatic rings. The summed E-state index contributed by atoms with van der Waals surface area (Å²) in [6.07, 6.45) is 0. The van der Waals surface area contributed by atoms with Gasteiger partial charge in [0.2, 0.25) is 0 Å². The fourth-order valence-corrected chi connectivity index (χ4v) is 3.53. The molecule has 0 saturated heterocycles. The summed E-state index contributed by atoms with van der Waals surface area (Å²) in [7, 11) is 0. The van der Waals surface area contributed by atoms with Crippen molar-refractivity contribution in [1.82, 2.24) is 14.8 Å². The van der Waals surface area contributed by atoms with E-state index in [0.29, 0.717) is 16.4 Å². The van der Waals surface area contributed by atoms with Crippen LogP contribution in [-0.2, 0) is 4.74 Å². The third kappa shape index (κ3) is 5.02. The van der Waals surface area contributed by atoms with Gasteiger partial charge in [-0.3, -0.25) is 4.79 Å². The molecule has 7 heteroatoms. The molecule has 0 atom stereocenters. The number of carbonyl (C=O) groups excluding carboxylic acids is 2. The van der Waals surface area contributed by atoms with Crippen LogP contribution in [-0.4, -0.2) is 33.1 Å². The Balaban J connectivity index is 1.66. The van der Waals surface area contributed by atoms with E-state index in [1.165, 1.54) is 0 Å². The van der Waals surface area contributed by atoms with Crippen molar-refractivity contribution in [3.05, 3.63) is 99.8 Å². The molecule has 0 saturated carbocycles. The number of ether oxygens (including phenoxy) is 1. The van der Waals surface area contributed by atoms with Crippen molar-refractivity contribution in [2.24, 2.45) is 0 Å². The monoisotopic (exact) mass is 459 g/mol. The van der Waals surface area contributed by atoms with Crippen molar-refractivity contribution in [3.8, 4) is 17.1 Å². The summed E-state index contributed by atoms with van der Waals surface area (Å²) in [5.41, 5.74) is 5.13. The maximum absolute atomic E-state index is 12.7. The van der Waals surface area contributed by atoms with Gasteiger partial charge in [-0.1, -0.05) is 47.5 Å². The maximum atomic E-state index is 12.7. The number of aryl methyl sites for hydroxylation is 3. The van der Waals surface area contributed by atoms with Gasteiger partial charge < -0.3 is 4.74 Å². The molecule has 0 radical (unpaired) electrons. The zero-order chi connectivity index (χ0) is 23.5. The van der Waals surface area contributed by atoms with Crippen LogP contribution in [0.5, 0.6) is 0 Å². The molecule has 0 aliphatic heterocycles. The summed E-state index contributed by atoms with van der Waals surface area (Å²) in [5.74, 6) is -0.706. The Labute approximate surface area is 196 Å². The molecule has 166 valence electrons. The van der Waals surface area contributed by atoms with Crippen molar-refractivity contribution in [2.75, 3.05) is 6.61 Å². The molecular weight excluding hydrogens is 438 g/mol. The molecule has 6 nitrogen and oxygen atoms in total. The Morgan fingerprint density at radius 2 is 1.67 bits per heavy atom. The zero-order valence-corrected chi connectivity index (χ0v) is 19.3. The molecule has 0 aliphatic rings. The first-order chi connectivity index (χ1) is 15.8. The molecule has 3 aromatic carbocycles. The summed E-state index contributed by atoms with van der Waals surface area (Å²) >= 11 is 5.86. The van der Waals surface area contributed by atoms with Crippen LogP contribution in [0.2, 0.25) is 5.02 Å². The molecule has 1 aromatic heterocycles. The van der Waals surface area contributed by atoms with E-state index in [0.717, 1.165) is 27.9 Å². The Morgan fingerprint density at radius 1 is 0.939 bits per heavy atom. The molecule has 4 rings (SSSR count). The van der Waals surface area contributed by atoms with Gasteiger partial charge in [-0.25, -0.2) is 14.5 Å². The van der Waals surface area contributed by atoms with Gasteiger partial charge in [0, 0.05) is 16.1 Å². The summed E-state index contributed by atoms with van der Waals surface area (Å²) in [5, 5.41) is 4.97. The summed E-state index contributed by atoms with van der Waals surface area (Å²) in [6.45, 7) is 5.53. The molecule has 0 amide bonds. The number of ketones is 1. The van der Waals surface area contributed by atoms with E-state index in [1.54, 1.807) is 28.9 Å². The molecule has 33 heavy (non-hydrogen) atoms. The lowest BCUT2D eigenvalue weighted by Gasteiger charge is -2.10. The minimum absolute atomic E-state index is 0.115. The number of hydrogen-bond donors (Lipinski definition) is 0. The quantitative estimate of drug-likeness (QED) is 0.279. The minimum Gasteiger partial charge on any atom is -0.451 e. The summed E-state index contributed by atoms with van der Waals surface area (Å²) < 4.78 is 6.88. The van der Waals surface area contributed by atoms with Crippen LogP contribution in [0.3, 0.4) is 0 Å². The van der Waals surface area contributed by atoms with Crippen LogP contribution in [0.4, 0.5) is 0 Å². The van der Waals surface area contributed by atoms with Crippen molar-refractivity contribution in [2.45, 2.75) is 20.8 Å². The number of aromatic nitrogens is 3. The Kier molecular flexibility index (Phi) is 6.38. The molecule has 0 aliphatic carbocycles. The second-order valence-corrected chi connectivity index (χ2v) is 8.27. The first-order valence-electron chi connectivity index (χ1n) is 10.4. The van der Waals surface area contributed by atoms with Crippen LogP contribution in [0.1, 0.15) is 37.7 Å². The van der Waals surface area contributed by atoms with E-state index in [4.69, 9.17) is 16.3 Å². The molecule has 0 bridgehead atoms. The largest absolute Gasteiger partial charge is 0.451 e. The number of Topliss-reactive ketones (excluding diaryl/α,β-unsaturated/α-hetero) is 1. The Hall–Kier alpha value is -3.77. The predicted octanol–water partition coefficient (Wildman–Crippen LogP) is 5.55. The fourth-order valence-electron chi connectivity index (χ4n) is 3.40. The zero-order valence-electron chi connectivity index (χ0n) is 18.5. The molecule has 1 heterocycles. The number of rotatable bonds is 6. The van der Waals surface area contributed by atoms with Crippen molar-refractivity contribution in [3.63, 3.8) is 0 Å². The van der Waals surface area contributed by atoms with Gasteiger partial charge in [0.25, 0.3) is 5.82 Å². The van der Waals surface area contributed by atoms with E-state index in [9.17, 15) is 9.59 Å². The van der Waals surface area contributed by atoms with Crippen LogP contribution in [0, 0.1) is 20.8 Å². The number of halogens is 1. The fraction of sp³-hybridized carbons (Fsp3) is 0.154. The lowest BCUT2D eigenvalue weighted by Crippen LogP contribution is -2.15. The lowest BCUT2D eigenvalue weighted by molar-refractivity contribution is 0.0462. The number of benzene rings is 3. The van der Waals surface area contributed by atoms with E-state index in [2.05, 4.69) is 10.1 Å². The van der Waals surface area contributed by atoms with Crippen LogP contribution in [0.25, 0.3) is 17.1 Å². The van der Waals surface area contributed by atoms with Crippen LogP contribution in [0.15, 0.2) is 66.7 Å².